The van der Waals surface area contributed by atoms with Crippen molar-refractivity contribution in [2.75, 3.05) is 19.6 Å². The molecule has 1 aliphatic heterocycles. The average molecular weight is 335 g/mol. The lowest BCUT2D eigenvalue weighted by molar-refractivity contribution is 0.0886. The topological polar surface area (TPSA) is 41.3 Å². The van der Waals surface area contributed by atoms with Crippen molar-refractivity contribution >= 4 is 0 Å². The summed E-state index contributed by atoms with van der Waals surface area (Å²) in [4.78, 5) is 6.56. The second-order valence-corrected chi connectivity index (χ2v) is 6.59. The maximum atomic E-state index is 13.3. The zero-order chi connectivity index (χ0) is 17.1. The van der Waals surface area contributed by atoms with Gasteiger partial charge in [0.1, 0.15) is 5.82 Å². The summed E-state index contributed by atoms with van der Waals surface area (Å²) in [6.07, 6.45) is 6.06. The minimum atomic E-state index is -0.916. The predicted molar refractivity (Wildman–Crippen MR) is 87.4 cm³/mol. The van der Waals surface area contributed by atoms with Crippen molar-refractivity contribution in [3.63, 3.8) is 0 Å². The Hall–Kier alpha value is -1.79. The van der Waals surface area contributed by atoms with Gasteiger partial charge in [-0.3, -0.25) is 0 Å². The molecule has 130 valence electrons. The van der Waals surface area contributed by atoms with Gasteiger partial charge >= 0.3 is 0 Å². The zero-order valence-corrected chi connectivity index (χ0v) is 13.8. The monoisotopic (exact) mass is 335 g/mol. The number of aliphatic hydroxyl groups is 1. The highest BCUT2D eigenvalue weighted by Gasteiger charge is 2.23. The van der Waals surface area contributed by atoms with Crippen molar-refractivity contribution in [2.45, 2.75) is 25.4 Å². The van der Waals surface area contributed by atoms with E-state index < -0.39 is 17.7 Å². The number of piperidine rings is 1. The highest BCUT2D eigenvalue weighted by Crippen LogP contribution is 2.23. The molecule has 0 radical (unpaired) electrons. The molecule has 6 heteroatoms. The van der Waals surface area contributed by atoms with Gasteiger partial charge in [-0.2, -0.15) is 0 Å². The minimum Gasteiger partial charge on any atom is -0.387 e. The van der Waals surface area contributed by atoms with E-state index in [1.54, 1.807) is 0 Å². The third-order valence-corrected chi connectivity index (χ3v) is 4.86. The van der Waals surface area contributed by atoms with Crippen molar-refractivity contribution in [3.05, 3.63) is 53.6 Å². The molecule has 1 aromatic heterocycles. The second kappa shape index (κ2) is 7.40. The first-order valence-electron chi connectivity index (χ1n) is 8.34. The molecular formula is C18H23F2N3O. The van der Waals surface area contributed by atoms with E-state index in [1.807, 2.05) is 19.4 Å². The molecule has 0 saturated carbocycles. The molecular weight excluding hydrogens is 312 g/mol. The van der Waals surface area contributed by atoms with Gasteiger partial charge < -0.3 is 14.6 Å². The van der Waals surface area contributed by atoms with E-state index in [-0.39, 0.29) is 0 Å². The minimum absolute atomic E-state index is 0.420. The van der Waals surface area contributed by atoms with Gasteiger partial charge in [0.05, 0.1) is 6.10 Å². The Morgan fingerprint density at radius 1 is 1.25 bits per heavy atom. The van der Waals surface area contributed by atoms with Crippen LogP contribution in [0.5, 0.6) is 0 Å². The molecule has 1 fully saturated rings. The first kappa shape index (κ1) is 17.0. The molecule has 0 aliphatic carbocycles. The fraction of sp³-hybridized carbons (Fsp3) is 0.500. The highest BCUT2D eigenvalue weighted by molar-refractivity contribution is 5.20. The summed E-state index contributed by atoms with van der Waals surface area (Å²) in [5.74, 6) is -0.0978. The number of likely N-dealkylation sites (tertiary alicyclic amines) is 1. The van der Waals surface area contributed by atoms with Crippen LogP contribution in [0.1, 0.15) is 30.3 Å². The Kier molecular flexibility index (Phi) is 5.26. The third kappa shape index (κ3) is 3.99. The van der Waals surface area contributed by atoms with Crippen LogP contribution in [0, 0.1) is 17.6 Å². The number of rotatable bonds is 5. The van der Waals surface area contributed by atoms with Gasteiger partial charge in [-0.1, -0.05) is 6.07 Å². The lowest BCUT2D eigenvalue weighted by Gasteiger charge is -2.33. The first-order valence-corrected chi connectivity index (χ1v) is 8.34. The van der Waals surface area contributed by atoms with Gasteiger partial charge in [0.15, 0.2) is 11.6 Å². The van der Waals surface area contributed by atoms with Crippen LogP contribution in [-0.2, 0) is 13.5 Å². The molecule has 1 N–H and O–H groups in total. The normalized spacial score (nSPS) is 18.0. The van der Waals surface area contributed by atoms with Crippen LogP contribution >= 0.6 is 0 Å². The summed E-state index contributed by atoms with van der Waals surface area (Å²) in [5.41, 5.74) is 0.420. The lowest BCUT2D eigenvalue weighted by Crippen LogP contribution is -2.37. The summed E-state index contributed by atoms with van der Waals surface area (Å²) in [7, 11) is 2.01. The smallest absolute Gasteiger partial charge is 0.159 e. The molecule has 1 atom stereocenters. The number of nitrogens with zero attached hydrogens (tertiary/aromatic N) is 3. The second-order valence-electron chi connectivity index (χ2n) is 6.59. The van der Waals surface area contributed by atoms with Crippen LogP contribution in [0.2, 0.25) is 0 Å². The zero-order valence-electron chi connectivity index (χ0n) is 13.8. The number of hydrogen-bond acceptors (Lipinski definition) is 3. The van der Waals surface area contributed by atoms with E-state index in [4.69, 9.17) is 0 Å². The third-order valence-electron chi connectivity index (χ3n) is 4.86. The number of aliphatic hydroxyl groups excluding tert-OH is 1. The molecule has 2 heterocycles. The molecule has 4 nitrogen and oxygen atoms in total. The number of halogens is 2. The number of aromatic nitrogens is 2. The van der Waals surface area contributed by atoms with E-state index in [9.17, 15) is 13.9 Å². The Bertz CT molecular complexity index is 681. The van der Waals surface area contributed by atoms with E-state index in [1.165, 1.54) is 6.07 Å². The number of benzene rings is 1. The van der Waals surface area contributed by atoms with E-state index >= 15 is 0 Å². The Balaban J connectivity index is 1.49. The largest absolute Gasteiger partial charge is 0.387 e. The molecule has 0 amide bonds. The summed E-state index contributed by atoms with van der Waals surface area (Å²) >= 11 is 0. The molecule has 24 heavy (non-hydrogen) atoms. The quantitative estimate of drug-likeness (QED) is 0.913. The average Bonchev–Trinajstić information content (AvgIpc) is 2.97. The van der Waals surface area contributed by atoms with Crippen LogP contribution < -0.4 is 0 Å². The standard InChI is InChI=1S/C18H23F2N3O/c1-22-9-6-21-18(22)10-13-4-7-23(8-5-13)12-17(24)14-2-3-15(19)16(20)11-14/h2-3,6,9,11,13,17,24H,4-5,7-8,10,12H2,1H3. The number of β-amino-alcohol motifs (C(OH)–C–C–N with tert-alkyl or cyclic N) is 1. The van der Waals surface area contributed by atoms with Crippen molar-refractivity contribution in [1.29, 1.82) is 0 Å². The van der Waals surface area contributed by atoms with E-state index in [0.29, 0.717) is 18.0 Å². The fourth-order valence-electron chi connectivity index (χ4n) is 3.29. The molecule has 2 aromatic rings. The first-order chi connectivity index (χ1) is 11.5. The van der Waals surface area contributed by atoms with Gasteiger partial charge in [-0.25, -0.2) is 13.8 Å². The summed E-state index contributed by atoms with van der Waals surface area (Å²) in [5, 5.41) is 10.3. The predicted octanol–water partition coefficient (Wildman–Crippen LogP) is 2.69. The number of aryl methyl sites for hydroxylation is 1. The highest BCUT2D eigenvalue weighted by atomic mass is 19.2. The van der Waals surface area contributed by atoms with Gasteiger partial charge in [0.25, 0.3) is 0 Å². The maximum absolute atomic E-state index is 13.3. The molecule has 1 saturated heterocycles. The van der Waals surface area contributed by atoms with E-state index in [2.05, 4.69) is 14.5 Å². The SMILES string of the molecule is Cn1ccnc1CC1CCN(CC(O)c2ccc(F)c(F)c2)CC1. The maximum Gasteiger partial charge on any atom is 0.159 e. The van der Waals surface area contributed by atoms with Gasteiger partial charge in [0, 0.05) is 32.4 Å². The van der Waals surface area contributed by atoms with Crippen LogP contribution in [0.15, 0.2) is 30.6 Å². The molecule has 1 unspecified atom stereocenters. The number of imidazole rings is 1. The fourth-order valence-corrected chi connectivity index (χ4v) is 3.29. The molecule has 1 aromatic carbocycles. The van der Waals surface area contributed by atoms with Crippen molar-refractivity contribution in [3.8, 4) is 0 Å². The van der Waals surface area contributed by atoms with Crippen LogP contribution in [0.4, 0.5) is 8.78 Å². The van der Waals surface area contributed by atoms with Gasteiger partial charge in [0.2, 0.25) is 0 Å². The van der Waals surface area contributed by atoms with Gasteiger partial charge in [-0.05, 0) is 49.5 Å². The molecule has 0 spiro atoms. The lowest BCUT2D eigenvalue weighted by atomic mass is 9.93. The molecule has 0 bridgehead atoms. The van der Waals surface area contributed by atoms with Crippen LogP contribution in [0.3, 0.4) is 0 Å². The van der Waals surface area contributed by atoms with E-state index in [0.717, 1.165) is 50.3 Å². The summed E-state index contributed by atoms with van der Waals surface area (Å²) < 4.78 is 28.3. The number of hydrogen-bond donors (Lipinski definition) is 1. The Morgan fingerprint density at radius 2 is 2.00 bits per heavy atom. The summed E-state index contributed by atoms with van der Waals surface area (Å²) in [6.45, 7) is 2.24. The molecule has 3 rings (SSSR count). The van der Waals surface area contributed by atoms with Crippen molar-refractivity contribution in [2.24, 2.45) is 13.0 Å². The van der Waals surface area contributed by atoms with Gasteiger partial charge in [-0.15, -0.1) is 0 Å². The van der Waals surface area contributed by atoms with Crippen molar-refractivity contribution in [1.82, 2.24) is 14.5 Å². The van der Waals surface area contributed by atoms with Crippen LogP contribution in [-0.4, -0.2) is 39.2 Å². The Morgan fingerprint density at radius 3 is 2.62 bits per heavy atom. The summed E-state index contributed by atoms with van der Waals surface area (Å²) in [6, 6.07) is 3.58. The molecule has 1 aliphatic rings. The Labute approximate surface area is 140 Å². The van der Waals surface area contributed by atoms with Crippen molar-refractivity contribution < 1.29 is 13.9 Å². The van der Waals surface area contributed by atoms with Crippen LogP contribution in [0.25, 0.3) is 0 Å².